The van der Waals surface area contributed by atoms with E-state index in [1.165, 1.54) is 16.7 Å². The van der Waals surface area contributed by atoms with Gasteiger partial charge in [-0.05, 0) is 30.2 Å². The minimum absolute atomic E-state index is 0.0204. The van der Waals surface area contributed by atoms with Gasteiger partial charge in [0.1, 0.15) is 5.75 Å². The largest absolute Gasteiger partial charge is 0.468 e. The summed E-state index contributed by atoms with van der Waals surface area (Å²) in [6, 6.07) is 16.9. The molecule has 0 aromatic heterocycles. The van der Waals surface area contributed by atoms with E-state index in [-0.39, 0.29) is 12.2 Å². The molecule has 0 aliphatic rings. The molecule has 0 amide bonds. The lowest BCUT2D eigenvalue weighted by Gasteiger charge is -2.26. The van der Waals surface area contributed by atoms with Crippen LogP contribution in [-0.4, -0.2) is 13.9 Å². The molecule has 0 saturated heterocycles. The van der Waals surface area contributed by atoms with E-state index in [9.17, 15) is 0 Å². The van der Waals surface area contributed by atoms with Gasteiger partial charge in [0.15, 0.2) is 6.79 Å². The highest BCUT2D eigenvalue weighted by atomic mass is 16.7. The third-order valence-electron chi connectivity index (χ3n) is 3.69. The van der Waals surface area contributed by atoms with Crippen molar-refractivity contribution in [2.24, 2.45) is 0 Å². The molecule has 2 heteroatoms. The molecule has 106 valence electrons. The summed E-state index contributed by atoms with van der Waals surface area (Å²) in [6.45, 7) is 6.87. The normalized spacial score (nSPS) is 11.4. The van der Waals surface area contributed by atoms with E-state index >= 15 is 0 Å². The van der Waals surface area contributed by atoms with Crippen LogP contribution in [0.5, 0.6) is 5.75 Å². The van der Waals surface area contributed by atoms with E-state index in [0.29, 0.717) is 0 Å². The lowest BCUT2D eigenvalue weighted by Crippen LogP contribution is -2.18. The summed E-state index contributed by atoms with van der Waals surface area (Å²) in [7, 11) is 1.62. The average Bonchev–Trinajstić information content (AvgIpc) is 2.46. The van der Waals surface area contributed by atoms with Gasteiger partial charge in [-0.2, -0.15) is 0 Å². The molecule has 0 aliphatic heterocycles. The zero-order chi connectivity index (χ0) is 14.6. The highest BCUT2D eigenvalue weighted by Gasteiger charge is 2.22. The smallest absolute Gasteiger partial charge is 0.188 e. The topological polar surface area (TPSA) is 18.5 Å². The van der Waals surface area contributed by atoms with Crippen molar-refractivity contribution in [2.45, 2.75) is 26.2 Å². The number of benzene rings is 2. The van der Waals surface area contributed by atoms with E-state index in [1.807, 2.05) is 12.1 Å². The van der Waals surface area contributed by atoms with Crippen LogP contribution in [0.2, 0.25) is 0 Å². The molecule has 2 aromatic rings. The molecule has 2 rings (SSSR count). The van der Waals surface area contributed by atoms with E-state index < -0.39 is 0 Å². The second kappa shape index (κ2) is 6.10. The molecule has 0 radical (unpaired) electrons. The lowest BCUT2D eigenvalue weighted by atomic mass is 9.78. The summed E-state index contributed by atoms with van der Waals surface area (Å²) in [6.07, 6.45) is 0. The van der Waals surface area contributed by atoms with Crippen LogP contribution >= 0.6 is 0 Å². The Morgan fingerprint density at radius 3 is 1.85 bits per heavy atom. The van der Waals surface area contributed by atoms with Crippen LogP contribution in [0.15, 0.2) is 48.5 Å². The molecule has 0 atom stereocenters. The number of ether oxygens (including phenoxy) is 2. The van der Waals surface area contributed by atoms with Gasteiger partial charge in [0.05, 0.1) is 0 Å². The minimum atomic E-state index is -0.0204. The molecule has 2 aromatic carbocycles. The predicted molar refractivity (Wildman–Crippen MR) is 82.3 cm³/mol. The molecule has 20 heavy (non-hydrogen) atoms. The van der Waals surface area contributed by atoms with Crippen molar-refractivity contribution in [1.82, 2.24) is 0 Å². The lowest BCUT2D eigenvalue weighted by molar-refractivity contribution is 0.0511. The molecule has 0 heterocycles. The van der Waals surface area contributed by atoms with Gasteiger partial charge in [0.25, 0.3) is 0 Å². The van der Waals surface area contributed by atoms with E-state index in [1.54, 1.807) is 7.11 Å². The fraction of sp³-hybridized carbons (Fsp3) is 0.333. The van der Waals surface area contributed by atoms with Crippen LogP contribution in [0.3, 0.4) is 0 Å². The highest BCUT2D eigenvalue weighted by molar-refractivity contribution is 5.40. The number of methoxy groups -OCH3 is 1. The van der Waals surface area contributed by atoms with Crippen molar-refractivity contribution in [3.05, 3.63) is 65.2 Å². The van der Waals surface area contributed by atoms with Crippen LogP contribution in [0.25, 0.3) is 0 Å². The average molecular weight is 270 g/mol. The van der Waals surface area contributed by atoms with Crippen LogP contribution in [0.1, 0.15) is 30.5 Å². The zero-order valence-electron chi connectivity index (χ0n) is 12.6. The van der Waals surface area contributed by atoms with E-state index in [2.05, 4.69) is 57.2 Å². The minimum Gasteiger partial charge on any atom is -0.468 e. The standard InChI is InChI=1S/C18H22O2/c1-14-5-7-15(8-6-14)18(2,3)16-9-11-17(12-10-16)20-13-19-4/h5-12H,13H2,1-4H3. The predicted octanol–water partition coefficient (Wildman–Crippen LogP) is 4.30. The highest BCUT2D eigenvalue weighted by Crippen LogP contribution is 2.32. The Morgan fingerprint density at radius 1 is 0.850 bits per heavy atom. The van der Waals surface area contributed by atoms with Gasteiger partial charge in [-0.3, -0.25) is 0 Å². The number of aryl methyl sites for hydroxylation is 1. The summed E-state index contributed by atoms with van der Waals surface area (Å²) in [5.41, 5.74) is 3.85. The SMILES string of the molecule is COCOc1ccc(C(C)(C)c2ccc(C)cc2)cc1. The maximum Gasteiger partial charge on any atom is 0.188 e. The molecule has 0 spiro atoms. The van der Waals surface area contributed by atoms with Gasteiger partial charge in [0.2, 0.25) is 0 Å². The first-order valence-electron chi connectivity index (χ1n) is 6.83. The Morgan fingerprint density at radius 2 is 1.35 bits per heavy atom. The van der Waals surface area contributed by atoms with Gasteiger partial charge in [-0.15, -0.1) is 0 Å². The van der Waals surface area contributed by atoms with Gasteiger partial charge >= 0.3 is 0 Å². The van der Waals surface area contributed by atoms with E-state index in [4.69, 9.17) is 9.47 Å². The second-order valence-corrected chi connectivity index (χ2v) is 5.57. The molecule has 0 N–H and O–H groups in total. The number of hydrogen-bond donors (Lipinski definition) is 0. The van der Waals surface area contributed by atoms with Gasteiger partial charge < -0.3 is 9.47 Å². The number of rotatable bonds is 5. The van der Waals surface area contributed by atoms with Crippen molar-refractivity contribution >= 4 is 0 Å². The third kappa shape index (κ3) is 3.20. The molecule has 0 unspecified atom stereocenters. The summed E-state index contributed by atoms with van der Waals surface area (Å²) >= 11 is 0. The van der Waals surface area contributed by atoms with Crippen LogP contribution in [-0.2, 0) is 10.2 Å². The van der Waals surface area contributed by atoms with Crippen molar-refractivity contribution < 1.29 is 9.47 Å². The van der Waals surface area contributed by atoms with Crippen molar-refractivity contribution in [2.75, 3.05) is 13.9 Å². The molecular formula is C18H22O2. The molecule has 0 aliphatic carbocycles. The fourth-order valence-corrected chi connectivity index (χ4v) is 2.23. The molecule has 2 nitrogen and oxygen atoms in total. The monoisotopic (exact) mass is 270 g/mol. The first-order chi connectivity index (χ1) is 9.54. The first kappa shape index (κ1) is 14.6. The first-order valence-corrected chi connectivity index (χ1v) is 6.83. The maximum atomic E-state index is 5.42. The summed E-state index contributed by atoms with van der Waals surface area (Å²) < 4.78 is 10.3. The third-order valence-corrected chi connectivity index (χ3v) is 3.69. The van der Waals surface area contributed by atoms with Gasteiger partial charge in [0, 0.05) is 12.5 Å². The zero-order valence-corrected chi connectivity index (χ0v) is 12.6. The Kier molecular flexibility index (Phi) is 4.46. The van der Waals surface area contributed by atoms with Gasteiger partial charge in [-0.25, -0.2) is 0 Å². The summed E-state index contributed by atoms with van der Waals surface area (Å²) in [5, 5.41) is 0. The molecule has 0 bridgehead atoms. The van der Waals surface area contributed by atoms with Crippen molar-refractivity contribution in [3.8, 4) is 5.75 Å². The summed E-state index contributed by atoms with van der Waals surface area (Å²) in [5.74, 6) is 0.829. The van der Waals surface area contributed by atoms with Crippen molar-refractivity contribution in [3.63, 3.8) is 0 Å². The molecular weight excluding hydrogens is 248 g/mol. The number of hydrogen-bond acceptors (Lipinski definition) is 2. The van der Waals surface area contributed by atoms with Crippen molar-refractivity contribution in [1.29, 1.82) is 0 Å². The second-order valence-electron chi connectivity index (χ2n) is 5.57. The van der Waals surface area contributed by atoms with Crippen LogP contribution < -0.4 is 4.74 Å². The van der Waals surface area contributed by atoms with Crippen LogP contribution in [0, 0.1) is 6.92 Å². The Hall–Kier alpha value is -1.80. The molecule has 0 fully saturated rings. The summed E-state index contributed by atoms with van der Waals surface area (Å²) in [4.78, 5) is 0. The van der Waals surface area contributed by atoms with Gasteiger partial charge in [-0.1, -0.05) is 55.8 Å². The maximum absolute atomic E-state index is 5.42. The molecule has 0 saturated carbocycles. The van der Waals surface area contributed by atoms with Crippen LogP contribution in [0.4, 0.5) is 0 Å². The fourth-order valence-electron chi connectivity index (χ4n) is 2.23. The Labute approximate surface area is 121 Å². The Bertz CT molecular complexity index is 539. The Balaban J connectivity index is 2.22. The quantitative estimate of drug-likeness (QED) is 0.754. The van der Waals surface area contributed by atoms with E-state index in [0.717, 1.165) is 5.75 Å².